The second-order valence-corrected chi connectivity index (χ2v) is 5.37. The van der Waals surface area contributed by atoms with Gasteiger partial charge in [0.25, 0.3) is 5.56 Å². The van der Waals surface area contributed by atoms with Crippen molar-refractivity contribution in [2.45, 2.75) is 26.2 Å². The van der Waals surface area contributed by atoms with Crippen LogP contribution in [-0.4, -0.2) is 20.4 Å². The Balaban J connectivity index is 2.77. The number of aromatic nitrogens is 2. The molecule has 0 aliphatic heterocycles. The third-order valence-electron chi connectivity index (χ3n) is 2.89. The number of rotatable bonds is 1. The Labute approximate surface area is 108 Å². The zero-order valence-electron chi connectivity index (χ0n) is 10.8. The van der Waals surface area contributed by atoms with E-state index in [9.17, 15) is 19.4 Å². The van der Waals surface area contributed by atoms with Crippen LogP contribution in [0.15, 0.2) is 16.9 Å². The lowest BCUT2D eigenvalue weighted by Gasteiger charge is -2.18. The van der Waals surface area contributed by atoms with Crippen LogP contribution in [0.25, 0.3) is 11.1 Å². The maximum atomic E-state index is 14.0. The van der Waals surface area contributed by atoms with Gasteiger partial charge < -0.3 is 15.3 Å². The number of hydrogen-bond acceptors (Lipinski definition) is 3. The average molecular weight is 266 g/mol. The molecular formula is C13H15FN2O3. The van der Waals surface area contributed by atoms with Crippen molar-refractivity contribution in [2.24, 2.45) is 0 Å². The van der Waals surface area contributed by atoms with Crippen LogP contribution < -0.4 is 5.56 Å². The van der Waals surface area contributed by atoms with Gasteiger partial charge in [-0.3, -0.25) is 9.89 Å². The number of nitrogens with one attached hydrogen (secondary N) is 2. The Morgan fingerprint density at radius 1 is 1.16 bits per heavy atom. The number of benzene rings is 1. The summed E-state index contributed by atoms with van der Waals surface area (Å²) in [4.78, 5) is 11.8. The van der Waals surface area contributed by atoms with Crippen LogP contribution >= 0.6 is 0 Å². The smallest absolute Gasteiger partial charge is 0.272 e. The summed E-state index contributed by atoms with van der Waals surface area (Å²) in [5.74, 6) is -2.45. The molecule has 1 aromatic heterocycles. The van der Waals surface area contributed by atoms with Gasteiger partial charge in [-0.05, 0) is 12.1 Å². The zero-order chi connectivity index (χ0) is 14.4. The van der Waals surface area contributed by atoms with Crippen molar-refractivity contribution >= 4 is 0 Å². The Bertz CT molecular complexity index is 680. The van der Waals surface area contributed by atoms with E-state index in [1.165, 1.54) is 6.07 Å². The van der Waals surface area contributed by atoms with Gasteiger partial charge in [0.15, 0.2) is 17.3 Å². The van der Waals surface area contributed by atoms with Gasteiger partial charge >= 0.3 is 0 Å². The van der Waals surface area contributed by atoms with Crippen LogP contribution in [0.3, 0.4) is 0 Å². The summed E-state index contributed by atoms with van der Waals surface area (Å²) in [5.41, 5.74) is -0.285. The monoisotopic (exact) mass is 266 g/mol. The van der Waals surface area contributed by atoms with E-state index in [4.69, 9.17) is 0 Å². The summed E-state index contributed by atoms with van der Waals surface area (Å²) in [5, 5.41) is 23.8. The van der Waals surface area contributed by atoms with Crippen LogP contribution in [0.4, 0.5) is 4.39 Å². The molecular weight excluding hydrogens is 251 g/mol. The highest BCUT2D eigenvalue weighted by atomic mass is 19.1. The number of phenols is 2. The van der Waals surface area contributed by atoms with Gasteiger partial charge in [0.1, 0.15) is 0 Å². The molecule has 19 heavy (non-hydrogen) atoms. The van der Waals surface area contributed by atoms with Crippen LogP contribution in [0.2, 0.25) is 0 Å². The molecule has 0 saturated heterocycles. The fourth-order valence-corrected chi connectivity index (χ4v) is 1.92. The molecule has 0 saturated carbocycles. The molecule has 0 aliphatic carbocycles. The first kappa shape index (κ1) is 13.2. The average Bonchev–Trinajstić information content (AvgIpc) is 2.68. The first-order valence-electron chi connectivity index (χ1n) is 5.75. The van der Waals surface area contributed by atoms with Crippen LogP contribution in [0, 0.1) is 5.82 Å². The molecule has 2 rings (SSSR count). The molecule has 0 unspecified atom stereocenters. The molecule has 6 heteroatoms. The Morgan fingerprint density at radius 3 is 2.37 bits per heavy atom. The van der Waals surface area contributed by atoms with Crippen LogP contribution in [-0.2, 0) is 5.41 Å². The quantitative estimate of drug-likeness (QED) is 0.597. The number of hydrogen-bond donors (Lipinski definition) is 4. The standard InChI is InChI=1S/C13H15FN2O3/c1-13(2,3)11-8(12(19)16-15-11)6-4-5-7(17)10(18)9(6)14/h4-5,17-18H,1-3H3,(H2,15,16,19). The summed E-state index contributed by atoms with van der Waals surface area (Å²) in [6, 6.07) is 2.41. The van der Waals surface area contributed by atoms with Gasteiger partial charge in [0.2, 0.25) is 0 Å². The van der Waals surface area contributed by atoms with Gasteiger partial charge in [-0.2, -0.15) is 0 Å². The molecule has 0 aliphatic rings. The highest BCUT2D eigenvalue weighted by Crippen LogP contribution is 2.36. The Kier molecular flexibility index (Phi) is 2.88. The Hall–Kier alpha value is -2.24. The van der Waals surface area contributed by atoms with Gasteiger partial charge in [0.05, 0.1) is 11.3 Å². The first-order valence-corrected chi connectivity index (χ1v) is 5.75. The van der Waals surface area contributed by atoms with Crippen molar-refractivity contribution in [2.75, 3.05) is 0 Å². The normalized spacial score (nSPS) is 11.8. The number of halogens is 1. The lowest BCUT2D eigenvalue weighted by atomic mass is 9.87. The van der Waals surface area contributed by atoms with Gasteiger partial charge in [-0.25, -0.2) is 4.39 Å². The van der Waals surface area contributed by atoms with Gasteiger partial charge in [-0.1, -0.05) is 20.8 Å². The number of aromatic amines is 2. The Morgan fingerprint density at radius 2 is 1.79 bits per heavy atom. The maximum absolute atomic E-state index is 14.0. The van der Waals surface area contributed by atoms with Crippen molar-refractivity contribution in [3.05, 3.63) is 34.0 Å². The summed E-state index contributed by atoms with van der Waals surface area (Å²) >= 11 is 0. The number of H-pyrrole nitrogens is 2. The molecule has 4 N–H and O–H groups in total. The van der Waals surface area contributed by atoms with Gasteiger partial charge in [-0.15, -0.1) is 0 Å². The van der Waals surface area contributed by atoms with E-state index in [-0.39, 0.29) is 11.1 Å². The zero-order valence-corrected chi connectivity index (χ0v) is 10.8. The number of phenolic OH excluding ortho intramolecular Hbond substituents is 2. The molecule has 0 spiro atoms. The lowest BCUT2D eigenvalue weighted by Crippen LogP contribution is -2.15. The van der Waals surface area contributed by atoms with E-state index in [0.717, 1.165) is 6.07 Å². The molecule has 102 valence electrons. The predicted molar refractivity (Wildman–Crippen MR) is 68.8 cm³/mol. The SMILES string of the molecule is CC(C)(C)c1[nH][nH]c(=O)c1-c1ccc(O)c(O)c1F. The van der Waals surface area contributed by atoms with E-state index in [2.05, 4.69) is 10.2 Å². The highest BCUT2D eigenvalue weighted by molar-refractivity contribution is 5.70. The predicted octanol–water partition coefficient (Wildman–Crippen LogP) is 2.22. The van der Waals surface area contributed by atoms with Crippen molar-refractivity contribution in [1.82, 2.24) is 10.2 Å². The second-order valence-electron chi connectivity index (χ2n) is 5.37. The summed E-state index contributed by atoms with van der Waals surface area (Å²) < 4.78 is 14.0. The third-order valence-corrected chi connectivity index (χ3v) is 2.89. The van der Waals surface area contributed by atoms with Crippen LogP contribution in [0.5, 0.6) is 11.5 Å². The molecule has 1 heterocycles. The summed E-state index contributed by atoms with van der Waals surface area (Å²) in [6.07, 6.45) is 0. The van der Waals surface area contributed by atoms with E-state index in [0.29, 0.717) is 5.69 Å². The van der Waals surface area contributed by atoms with Crippen molar-refractivity contribution in [3.8, 4) is 22.6 Å². The molecule has 0 atom stereocenters. The third kappa shape index (κ3) is 2.09. The fourth-order valence-electron chi connectivity index (χ4n) is 1.92. The van der Waals surface area contributed by atoms with Crippen molar-refractivity contribution < 1.29 is 14.6 Å². The molecule has 0 amide bonds. The summed E-state index contributed by atoms with van der Waals surface area (Å²) in [6.45, 7) is 5.61. The number of aromatic hydroxyl groups is 2. The minimum Gasteiger partial charge on any atom is -0.504 e. The van der Waals surface area contributed by atoms with E-state index in [1.807, 2.05) is 20.8 Å². The van der Waals surface area contributed by atoms with E-state index >= 15 is 0 Å². The molecule has 2 aromatic rings. The van der Waals surface area contributed by atoms with Gasteiger partial charge in [0, 0.05) is 11.0 Å². The minimum atomic E-state index is -1.02. The molecule has 1 aromatic carbocycles. The minimum absolute atomic E-state index is 0.0530. The molecule has 5 nitrogen and oxygen atoms in total. The first-order chi connectivity index (χ1) is 8.73. The highest BCUT2D eigenvalue weighted by Gasteiger charge is 2.26. The lowest BCUT2D eigenvalue weighted by molar-refractivity contribution is 0.380. The molecule has 0 bridgehead atoms. The van der Waals surface area contributed by atoms with E-state index < -0.39 is 28.3 Å². The van der Waals surface area contributed by atoms with Crippen molar-refractivity contribution in [3.63, 3.8) is 0 Å². The molecule has 0 radical (unpaired) electrons. The maximum Gasteiger partial charge on any atom is 0.272 e. The van der Waals surface area contributed by atoms with Crippen LogP contribution in [0.1, 0.15) is 26.5 Å². The fraction of sp³-hybridized carbons (Fsp3) is 0.308. The van der Waals surface area contributed by atoms with E-state index in [1.54, 1.807) is 0 Å². The summed E-state index contributed by atoms with van der Waals surface area (Å²) in [7, 11) is 0. The topological polar surface area (TPSA) is 89.1 Å². The second kappa shape index (κ2) is 4.15. The largest absolute Gasteiger partial charge is 0.504 e. The molecule has 0 fully saturated rings. The van der Waals surface area contributed by atoms with Crippen molar-refractivity contribution in [1.29, 1.82) is 0 Å².